The van der Waals surface area contributed by atoms with E-state index in [1.165, 1.54) is 0 Å². The van der Waals surface area contributed by atoms with Gasteiger partial charge in [0.2, 0.25) is 0 Å². The molecule has 0 spiro atoms. The number of carbonyl (C=O) groups excluding carboxylic acids is 1. The zero-order chi connectivity index (χ0) is 17.4. The average molecular weight is 373 g/mol. The first-order valence-electron chi connectivity index (χ1n) is 8.10. The summed E-state index contributed by atoms with van der Waals surface area (Å²) in [5.41, 5.74) is 2.34. The molecular weight excluding hydrogens is 356 g/mol. The fourth-order valence-electron chi connectivity index (χ4n) is 2.91. The Morgan fingerprint density at radius 2 is 1.96 bits per heavy atom. The summed E-state index contributed by atoms with van der Waals surface area (Å²) in [4.78, 5) is 25.2. The van der Waals surface area contributed by atoms with Crippen LogP contribution in [0.25, 0.3) is 20.8 Å². The molecule has 0 saturated carbocycles. The van der Waals surface area contributed by atoms with Gasteiger partial charge in [-0.05, 0) is 49.0 Å². The molecule has 1 aliphatic rings. The Labute approximate surface area is 154 Å². The van der Waals surface area contributed by atoms with Crippen LogP contribution in [0.4, 0.5) is 5.82 Å². The maximum absolute atomic E-state index is 11.3. The quantitative estimate of drug-likeness (QED) is 0.659. The van der Waals surface area contributed by atoms with Crippen molar-refractivity contribution in [1.29, 1.82) is 0 Å². The summed E-state index contributed by atoms with van der Waals surface area (Å²) in [6.07, 6.45) is 1.87. The third kappa shape index (κ3) is 3.38. The molecule has 1 aromatic carbocycles. The lowest BCUT2D eigenvalue weighted by molar-refractivity contribution is 0.108. The van der Waals surface area contributed by atoms with Gasteiger partial charge in [0.1, 0.15) is 10.8 Å². The number of pyridine rings is 1. The summed E-state index contributed by atoms with van der Waals surface area (Å²) < 4.78 is 0.949. The molecule has 0 radical (unpaired) electrons. The van der Waals surface area contributed by atoms with E-state index in [2.05, 4.69) is 38.9 Å². The van der Waals surface area contributed by atoms with Gasteiger partial charge < -0.3 is 9.80 Å². The maximum atomic E-state index is 11.3. The average Bonchev–Trinajstić information content (AvgIpc) is 3.05. The molecular formula is C18H17ClN4OS. The fourth-order valence-corrected chi connectivity index (χ4v) is 4.02. The first-order valence-corrected chi connectivity index (χ1v) is 9.30. The van der Waals surface area contributed by atoms with Gasteiger partial charge in [-0.15, -0.1) is 11.3 Å². The molecule has 3 aromatic rings. The van der Waals surface area contributed by atoms with Crippen LogP contribution < -0.4 is 4.90 Å². The van der Waals surface area contributed by atoms with Crippen LogP contribution in [0.15, 0.2) is 36.5 Å². The molecule has 1 fully saturated rings. The van der Waals surface area contributed by atoms with Crippen LogP contribution in [0.5, 0.6) is 0 Å². The van der Waals surface area contributed by atoms with Crippen molar-refractivity contribution in [2.75, 3.05) is 38.1 Å². The van der Waals surface area contributed by atoms with Gasteiger partial charge in [-0.25, -0.2) is 9.97 Å². The summed E-state index contributed by atoms with van der Waals surface area (Å²) in [6.45, 7) is 4.12. The molecule has 0 bridgehead atoms. The number of halogens is 1. The summed E-state index contributed by atoms with van der Waals surface area (Å²) in [6, 6.07) is 9.44. The Balaban J connectivity index is 1.59. The predicted molar refractivity (Wildman–Crippen MR) is 103 cm³/mol. The zero-order valence-electron chi connectivity index (χ0n) is 13.8. The third-order valence-corrected chi connectivity index (χ3v) is 5.72. The minimum absolute atomic E-state index is 0.449. The Kier molecular flexibility index (Phi) is 4.41. The van der Waals surface area contributed by atoms with Crippen molar-refractivity contribution >= 4 is 44.2 Å². The normalized spacial score (nSPS) is 15.7. The van der Waals surface area contributed by atoms with E-state index in [-0.39, 0.29) is 0 Å². The lowest BCUT2D eigenvalue weighted by atomic mass is 10.2. The largest absolute Gasteiger partial charge is 0.354 e. The number of nitrogens with zero attached hydrogens (tertiary/aromatic N) is 4. The van der Waals surface area contributed by atoms with Gasteiger partial charge in [-0.2, -0.15) is 0 Å². The van der Waals surface area contributed by atoms with Gasteiger partial charge in [0.05, 0.1) is 10.2 Å². The first kappa shape index (κ1) is 16.4. The Bertz CT molecular complexity index is 916. The van der Waals surface area contributed by atoms with E-state index in [1.54, 1.807) is 23.5 Å². The molecule has 4 rings (SSSR count). The highest BCUT2D eigenvalue weighted by molar-refractivity contribution is 7.21. The van der Waals surface area contributed by atoms with E-state index in [1.807, 2.05) is 12.3 Å². The topological polar surface area (TPSA) is 49.3 Å². The number of rotatable bonds is 3. The Hall–Kier alpha value is -2.02. The Morgan fingerprint density at radius 1 is 1.16 bits per heavy atom. The van der Waals surface area contributed by atoms with Gasteiger partial charge >= 0.3 is 0 Å². The van der Waals surface area contributed by atoms with Crippen LogP contribution in [-0.4, -0.2) is 53.3 Å². The summed E-state index contributed by atoms with van der Waals surface area (Å²) >= 11 is 7.10. The van der Waals surface area contributed by atoms with Crippen molar-refractivity contribution in [1.82, 2.24) is 14.9 Å². The minimum Gasteiger partial charge on any atom is -0.354 e. The highest BCUT2D eigenvalue weighted by Crippen LogP contribution is 2.31. The van der Waals surface area contributed by atoms with Crippen molar-refractivity contribution in [3.05, 3.63) is 42.1 Å². The molecule has 1 aliphatic heterocycles. The van der Waals surface area contributed by atoms with Crippen molar-refractivity contribution in [2.24, 2.45) is 0 Å². The molecule has 25 heavy (non-hydrogen) atoms. The number of hydrogen-bond donors (Lipinski definition) is 0. The van der Waals surface area contributed by atoms with Crippen molar-refractivity contribution in [2.45, 2.75) is 0 Å². The molecule has 3 heterocycles. The minimum atomic E-state index is -0.449. The third-order valence-electron chi connectivity index (χ3n) is 4.44. The highest BCUT2D eigenvalue weighted by atomic mass is 35.5. The number of anilines is 1. The molecule has 1 saturated heterocycles. The van der Waals surface area contributed by atoms with Gasteiger partial charge in [0.25, 0.3) is 5.24 Å². The number of likely N-dealkylation sites (N-methyl/N-ethyl adjacent to an activating group) is 1. The smallest absolute Gasteiger partial charge is 0.252 e. The molecule has 7 heteroatoms. The highest BCUT2D eigenvalue weighted by Gasteiger charge is 2.16. The number of thiazole rings is 1. The van der Waals surface area contributed by atoms with Crippen LogP contribution in [0.3, 0.4) is 0 Å². The number of benzene rings is 1. The lowest BCUT2D eigenvalue weighted by Crippen LogP contribution is -2.44. The number of piperazine rings is 1. The van der Waals surface area contributed by atoms with E-state index in [0.29, 0.717) is 5.56 Å². The van der Waals surface area contributed by atoms with E-state index < -0.39 is 5.24 Å². The number of carbonyl (C=O) groups is 1. The molecule has 5 nitrogen and oxygen atoms in total. The number of fused-ring (bicyclic) bond motifs is 1. The summed E-state index contributed by atoms with van der Waals surface area (Å²) in [7, 11) is 2.14. The molecule has 0 atom stereocenters. The summed E-state index contributed by atoms with van der Waals surface area (Å²) in [5.74, 6) is 1.01. The number of aromatic nitrogens is 2. The molecule has 0 N–H and O–H groups in total. The van der Waals surface area contributed by atoms with E-state index >= 15 is 0 Å². The van der Waals surface area contributed by atoms with E-state index in [0.717, 1.165) is 52.8 Å². The van der Waals surface area contributed by atoms with Gasteiger partial charge in [0.15, 0.2) is 0 Å². The predicted octanol–water partition coefficient (Wildman–Crippen LogP) is 3.49. The number of hydrogen-bond acceptors (Lipinski definition) is 6. The van der Waals surface area contributed by atoms with Crippen LogP contribution >= 0.6 is 22.9 Å². The molecule has 128 valence electrons. The van der Waals surface area contributed by atoms with Crippen LogP contribution in [-0.2, 0) is 0 Å². The second-order valence-corrected chi connectivity index (χ2v) is 7.54. The SMILES string of the molecule is CN1CCN(c2ccc(-c3nc4ccc(C(=O)Cl)cc4s3)cn2)CC1. The molecule has 0 amide bonds. The van der Waals surface area contributed by atoms with Crippen molar-refractivity contribution < 1.29 is 4.79 Å². The van der Waals surface area contributed by atoms with Gasteiger partial charge in [-0.3, -0.25) is 4.79 Å². The second kappa shape index (κ2) is 6.71. The lowest BCUT2D eigenvalue weighted by Gasteiger charge is -2.33. The zero-order valence-corrected chi connectivity index (χ0v) is 15.3. The van der Waals surface area contributed by atoms with Crippen LogP contribution in [0, 0.1) is 0 Å². The van der Waals surface area contributed by atoms with Crippen molar-refractivity contribution in [3.63, 3.8) is 0 Å². The molecule has 2 aromatic heterocycles. The van der Waals surface area contributed by atoms with Crippen molar-refractivity contribution in [3.8, 4) is 10.6 Å². The standard InChI is InChI=1S/C18H17ClN4OS/c1-22-6-8-23(9-7-22)16-5-3-13(11-20-16)18-21-14-4-2-12(17(19)24)10-15(14)25-18/h2-5,10-11H,6-9H2,1H3. The second-order valence-electron chi connectivity index (χ2n) is 6.17. The maximum Gasteiger partial charge on any atom is 0.252 e. The van der Waals surface area contributed by atoms with E-state index in [4.69, 9.17) is 11.6 Å². The summed E-state index contributed by atoms with van der Waals surface area (Å²) in [5, 5.41) is 0.446. The fraction of sp³-hybridized carbons (Fsp3) is 0.278. The Morgan fingerprint density at radius 3 is 2.64 bits per heavy atom. The first-order chi connectivity index (χ1) is 12.1. The van der Waals surface area contributed by atoms with Crippen LogP contribution in [0.2, 0.25) is 0 Å². The van der Waals surface area contributed by atoms with Crippen LogP contribution in [0.1, 0.15) is 10.4 Å². The molecule has 0 aliphatic carbocycles. The monoisotopic (exact) mass is 372 g/mol. The van der Waals surface area contributed by atoms with Gasteiger partial charge in [-0.1, -0.05) is 0 Å². The van der Waals surface area contributed by atoms with E-state index in [9.17, 15) is 4.79 Å². The van der Waals surface area contributed by atoms with Gasteiger partial charge in [0, 0.05) is 43.5 Å². The molecule has 0 unspecified atom stereocenters.